The third-order valence-electron chi connectivity index (χ3n) is 8.85. The van der Waals surface area contributed by atoms with Crippen LogP contribution in [0.15, 0.2) is 24.3 Å². The molecule has 1 saturated carbocycles. The molecule has 2 aliphatic heterocycles. The summed E-state index contributed by atoms with van der Waals surface area (Å²) in [6, 6.07) is 7.26. The number of methoxy groups -OCH3 is 1. The van der Waals surface area contributed by atoms with Crippen molar-refractivity contribution in [1.82, 2.24) is 4.90 Å². The van der Waals surface area contributed by atoms with Crippen molar-refractivity contribution in [1.29, 1.82) is 0 Å². The van der Waals surface area contributed by atoms with Gasteiger partial charge < -0.3 is 24.6 Å². The summed E-state index contributed by atoms with van der Waals surface area (Å²) < 4.78 is 12.1. The highest BCUT2D eigenvalue weighted by Gasteiger charge is 2.78. The highest BCUT2D eigenvalue weighted by atomic mass is 16.5. The molecule has 0 amide bonds. The van der Waals surface area contributed by atoms with Crippen LogP contribution in [0, 0.1) is 0 Å². The van der Waals surface area contributed by atoms with Gasteiger partial charge in [-0.05, 0) is 56.6 Å². The third-order valence-corrected chi connectivity index (χ3v) is 8.85. The van der Waals surface area contributed by atoms with Crippen LogP contribution in [0.3, 0.4) is 0 Å². The molecular weight excluding hydrogens is 382 g/mol. The lowest BCUT2D eigenvalue weighted by molar-refractivity contribution is -0.142. The maximum atomic E-state index is 13.8. The lowest BCUT2D eigenvalue weighted by Gasteiger charge is -2.63. The predicted molar refractivity (Wildman–Crippen MR) is 108 cm³/mol. The maximum absolute atomic E-state index is 13.8. The molecule has 154 valence electrons. The molecule has 1 saturated heterocycles. The number of ether oxygens (including phenoxy) is 2. The zero-order chi connectivity index (χ0) is 20.6. The lowest BCUT2D eigenvalue weighted by Crippen LogP contribution is -2.73. The molecule has 2 N–H and O–H groups in total. The van der Waals surface area contributed by atoms with E-state index in [4.69, 9.17) is 9.47 Å². The Morgan fingerprint density at radius 3 is 2.73 bits per heavy atom. The number of fused-ring (bicyclic) bond motifs is 3. The fourth-order valence-electron chi connectivity index (χ4n) is 7.93. The largest absolute Gasteiger partial charge is 0.508 e. The van der Waals surface area contributed by atoms with Gasteiger partial charge in [0.2, 0.25) is 0 Å². The van der Waals surface area contributed by atoms with Gasteiger partial charge in [0.25, 0.3) is 0 Å². The number of hydrogen-bond donors (Lipinski definition) is 2. The van der Waals surface area contributed by atoms with Gasteiger partial charge in [0.15, 0.2) is 23.4 Å². The Hall–Kier alpha value is -2.73. The van der Waals surface area contributed by atoms with Crippen LogP contribution in [-0.4, -0.2) is 53.7 Å². The Bertz CT molecular complexity index is 1170. The minimum Gasteiger partial charge on any atom is -0.508 e. The van der Waals surface area contributed by atoms with Crippen molar-refractivity contribution < 1.29 is 24.5 Å². The van der Waals surface area contributed by atoms with Crippen molar-refractivity contribution in [3.63, 3.8) is 0 Å². The third kappa shape index (κ3) is 1.45. The van der Waals surface area contributed by atoms with E-state index in [1.807, 2.05) is 6.07 Å². The molecule has 2 fully saturated rings. The highest BCUT2D eigenvalue weighted by molar-refractivity contribution is 5.99. The number of nitrogens with zero attached hydrogens (tertiary/aromatic N) is 1. The summed E-state index contributed by atoms with van der Waals surface area (Å²) in [5, 5.41) is 21.9. The van der Waals surface area contributed by atoms with E-state index in [1.165, 1.54) is 11.6 Å². The quantitative estimate of drug-likeness (QED) is 0.710. The summed E-state index contributed by atoms with van der Waals surface area (Å²) in [5.41, 5.74) is 2.65. The number of carbonyl (C=O) groups is 1. The Kier molecular flexibility index (Phi) is 2.80. The Morgan fingerprint density at radius 1 is 1.13 bits per heavy atom. The van der Waals surface area contributed by atoms with Crippen molar-refractivity contribution in [2.24, 2.45) is 0 Å². The van der Waals surface area contributed by atoms with Crippen LogP contribution >= 0.6 is 0 Å². The van der Waals surface area contributed by atoms with Gasteiger partial charge in [0.05, 0.1) is 18.4 Å². The van der Waals surface area contributed by atoms with E-state index in [0.29, 0.717) is 23.5 Å². The first-order valence-electron chi connectivity index (χ1n) is 10.6. The summed E-state index contributed by atoms with van der Waals surface area (Å²) in [7, 11) is 3.76. The van der Waals surface area contributed by atoms with Crippen molar-refractivity contribution in [2.75, 3.05) is 20.7 Å². The van der Waals surface area contributed by atoms with Gasteiger partial charge in [-0.1, -0.05) is 6.07 Å². The maximum Gasteiger partial charge on any atom is 0.181 e. The van der Waals surface area contributed by atoms with Crippen molar-refractivity contribution in [3.05, 3.63) is 46.5 Å². The number of Topliss-reactive ketones (excluding diaryl/α,β-unsaturated/α-hetero) is 1. The number of rotatable bonds is 1. The van der Waals surface area contributed by atoms with E-state index in [-0.39, 0.29) is 23.3 Å². The standard InChI is InChI=1S/C24H23NO5/c1-25-8-7-23-18-11-3-6-15(29-2)21(18)30-22(23)20(28)12-10-24(23,16(25)9-11)19-14(27)5-4-13(26)17(12)19/h3-6,12,16,22,26-27H,7-10H2,1-2H3. The number of likely N-dealkylation sites (tertiary alicyclic amines) is 1. The van der Waals surface area contributed by atoms with Crippen LogP contribution in [0.2, 0.25) is 0 Å². The smallest absolute Gasteiger partial charge is 0.181 e. The van der Waals surface area contributed by atoms with Crippen LogP contribution in [0.1, 0.15) is 41.0 Å². The van der Waals surface area contributed by atoms with Gasteiger partial charge in [-0.25, -0.2) is 0 Å². The Morgan fingerprint density at radius 2 is 1.93 bits per heavy atom. The molecule has 2 aromatic rings. The summed E-state index contributed by atoms with van der Waals surface area (Å²) in [5.74, 6) is 1.20. The van der Waals surface area contributed by atoms with E-state index in [0.717, 1.165) is 30.5 Å². The second-order valence-corrected chi connectivity index (χ2v) is 9.57. The van der Waals surface area contributed by atoms with Crippen molar-refractivity contribution in [2.45, 2.75) is 48.2 Å². The lowest BCUT2D eigenvalue weighted by atomic mass is 9.43. The topological polar surface area (TPSA) is 79.2 Å². The summed E-state index contributed by atoms with van der Waals surface area (Å²) in [6.07, 6.45) is 1.57. The molecule has 2 spiro atoms. The number of piperidine rings is 1. The summed E-state index contributed by atoms with van der Waals surface area (Å²) in [4.78, 5) is 16.2. The van der Waals surface area contributed by atoms with E-state index in [9.17, 15) is 15.0 Å². The van der Waals surface area contributed by atoms with Crippen LogP contribution in [0.4, 0.5) is 0 Å². The van der Waals surface area contributed by atoms with Crippen molar-refractivity contribution >= 4 is 5.78 Å². The van der Waals surface area contributed by atoms with Crippen LogP contribution < -0.4 is 9.47 Å². The molecule has 30 heavy (non-hydrogen) atoms. The molecule has 2 aromatic carbocycles. The first kappa shape index (κ1) is 17.0. The first-order valence-corrected chi connectivity index (χ1v) is 10.6. The molecule has 5 unspecified atom stereocenters. The monoisotopic (exact) mass is 405 g/mol. The minimum atomic E-state index is -0.621. The van der Waals surface area contributed by atoms with Crippen LogP contribution in [0.25, 0.3) is 0 Å². The number of phenolic OH excluding ortho intramolecular Hbond substituents is 2. The van der Waals surface area contributed by atoms with Crippen LogP contribution in [-0.2, 0) is 22.0 Å². The first-order chi connectivity index (χ1) is 14.5. The Balaban J connectivity index is 1.67. The SMILES string of the molecule is COc1ccc2c3c1OC1C(=O)C4CC5(c6c(O)ccc(O)c64)C(C2)N(C)CCC315. The zero-order valence-corrected chi connectivity index (χ0v) is 16.9. The molecule has 2 heterocycles. The molecule has 3 aliphatic carbocycles. The van der Waals surface area contributed by atoms with Gasteiger partial charge in [-0.3, -0.25) is 4.79 Å². The van der Waals surface area contributed by atoms with Crippen molar-refractivity contribution in [3.8, 4) is 23.0 Å². The normalized spacial score (nSPS) is 36.9. The predicted octanol–water partition coefficient (Wildman–Crippen LogP) is 2.37. The molecule has 7 rings (SSSR count). The molecule has 6 nitrogen and oxygen atoms in total. The second-order valence-electron chi connectivity index (χ2n) is 9.57. The average molecular weight is 405 g/mol. The number of ketones is 1. The Labute approximate surface area is 174 Å². The summed E-state index contributed by atoms with van der Waals surface area (Å²) in [6.45, 7) is 0.856. The number of carbonyl (C=O) groups excluding carboxylic acids is 1. The number of likely N-dealkylation sites (N-methyl/N-ethyl adjacent to an activating group) is 1. The van der Waals surface area contributed by atoms with Gasteiger partial charge in [-0.2, -0.15) is 0 Å². The molecular formula is C24H23NO5. The molecule has 5 atom stereocenters. The number of hydrogen-bond acceptors (Lipinski definition) is 6. The molecule has 5 aliphatic rings. The number of benzene rings is 2. The highest BCUT2D eigenvalue weighted by Crippen LogP contribution is 2.75. The zero-order valence-electron chi connectivity index (χ0n) is 16.9. The van der Waals surface area contributed by atoms with E-state index < -0.39 is 22.9 Å². The summed E-state index contributed by atoms with van der Waals surface area (Å²) >= 11 is 0. The van der Waals surface area contributed by atoms with Gasteiger partial charge >= 0.3 is 0 Å². The van der Waals surface area contributed by atoms with Gasteiger partial charge in [-0.15, -0.1) is 0 Å². The fourth-order valence-corrected chi connectivity index (χ4v) is 7.93. The molecule has 4 bridgehead atoms. The number of phenols is 2. The number of aromatic hydroxyl groups is 2. The molecule has 0 aromatic heterocycles. The van der Waals surface area contributed by atoms with E-state index in [1.54, 1.807) is 13.2 Å². The molecule has 6 heteroatoms. The van der Waals surface area contributed by atoms with Gasteiger partial charge in [0.1, 0.15) is 11.5 Å². The van der Waals surface area contributed by atoms with E-state index >= 15 is 0 Å². The second kappa shape index (κ2) is 4.94. The van der Waals surface area contributed by atoms with Gasteiger partial charge in [0, 0.05) is 28.1 Å². The molecule has 0 radical (unpaired) electrons. The minimum absolute atomic E-state index is 0.0136. The fraction of sp³-hybridized carbons (Fsp3) is 0.458. The van der Waals surface area contributed by atoms with Crippen LogP contribution in [0.5, 0.6) is 23.0 Å². The van der Waals surface area contributed by atoms with E-state index in [2.05, 4.69) is 18.0 Å². The average Bonchev–Trinajstić information content (AvgIpc) is 3.25.